The molecule has 0 bridgehead atoms. The zero-order valence-corrected chi connectivity index (χ0v) is 15.2. The second kappa shape index (κ2) is 8.06. The molecule has 130 valence electrons. The molecule has 0 unspecified atom stereocenters. The first-order valence-corrected chi connectivity index (χ1v) is 9.68. The molecular formula is C16H21N3O3S2. The largest absolute Gasteiger partial charge is 0.379 e. The van der Waals surface area contributed by atoms with E-state index in [1.165, 1.54) is 9.44 Å². The van der Waals surface area contributed by atoms with Crippen LogP contribution in [0.15, 0.2) is 27.7 Å². The van der Waals surface area contributed by atoms with Gasteiger partial charge < -0.3 is 10.1 Å². The van der Waals surface area contributed by atoms with E-state index in [1.807, 2.05) is 13.0 Å². The van der Waals surface area contributed by atoms with Gasteiger partial charge in [-0.05, 0) is 18.4 Å². The Balaban J connectivity index is 1.63. The quantitative estimate of drug-likeness (QED) is 0.840. The van der Waals surface area contributed by atoms with Crippen LogP contribution in [0.1, 0.15) is 16.6 Å². The molecule has 1 N–H and O–H groups in total. The Labute approximate surface area is 148 Å². The maximum absolute atomic E-state index is 12.3. The summed E-state index contributed by atoms with van der Waals surface area (Å²) >= 11 is 2.82. The van der Waals surface area contributed by atoms with Crippen LogP contribution in [0, 0.1) is 6.92 Å². The Morgan fingerprint density at radius 2 is 2.17 bits per heavy atom. The Bertz CT molecular complexity index is 717. The minimum Gasteiger partial charge on any atom is -0.379 e. The Morgan fingerprint density at radius 3 is 2.79 bits per heavy atom. The van der Waals surface area contributed by atoms with Gasteiger partial charge in [0.25, 0.3) is 0 Å². The van der Waals surface area contributed by atoms with E-state index in [2.05, 4.69) is 21.7 Å². The van der Waals surface area contributed by atoms with Gasteiger partial charge in [0.2, 0.25) is 5.91 Å². The molecule has 1 fully saturated rings. The van der Waals surface area contributed by atoms with Crippen molar-refractivity contribution in [2.24, 2.45) is 0 Å². The van der Waals surface area contributed by atoms with Crippen molar-refractivity contribution in [3.63, 3.8) is 0 Å². The van der Waals surface area contributed by atoms with Crippen molar-refractivity contribution in [3.8, 4) is 0 Å². The lowest BCUT2D eigenvalue weighted by Crippen LogP contribution is -2.44. The fraction of sp³-hybridized carbons (Fsp3) is 0.500. The van der Waals surface area contributed by atoms with Crippen LogP contribution in [0.3, 0.4) is 0 Å². The van der Waals surface area contributed by atoms with Gasteiger partial charge in [-0.25, -0.2) is 0 Å². The number of rotatable bonds is 6. The highest BCUT2D eigenvalue weighted by molar-refractivity contribution is 7.10. The number of nitrogens with one attached hydrogen (secondary N) is 1. The maximum atomic E-state index is 12.3. The summed E-state index contributed by atoms with van der Waals surface area (Å²) in [7, 11) is 0. The monoisotopic (exact) mass is 367 g/mol. The lowest BCUT2D eigenvalue weighted by atomic mass is 10.2. The molecule has 0 radical (unpaired) electrons. The Kier molecular flexibility index (Phi) is 5.83. The zero-order chi connectivity index (χ0) is 16.9. The molecule has 3 rings (SSSR count). The summed E-state index contributed by atoms with van der Waals surface area (Å²) < 4.78 is 6.94. The molecule has 0 saturated carbocycles. The van der Waals surface area contributed by atoms with Crippen molar-refractivity contribution >= 4 is 28.6 Å². The van der Waals surface area contributed by atoms with Crippen molar-refractivity contribution in [1.29, 1.82) is 0 Å². The van der Waals surface area contributed by atoms with Crippen molar-refractivity contribution < 1.29 is 9.53 Å². The number of carbonyl (C=O) groups excluding carboxylic acids is 1. The van der Waals surface area contributed by atoms with Gasteiger partial charge in [-0.3, -0.25) is 19.1 Å². The molecule has 1 aliphatic heterocycles. The number of aryl methyl sites for hydroxylation is 1. The van der Waals surface area contributed by atoms with Crippen molar-refractivity contribution in [2.45, 2.75) is 19.5 Å². The van der Waals surface area contributed by atoms with Gasteiger partial charge in [-0.1, -0.05) is 17.4 Å². The van der Waals surface area contributed by atoms with E-state index in [0.29, 0.717) is 6.54 Å². The zero-order valence-electron chi connectivity index (χ0n) is 13.6. The van der Waals surface area contributed by atoms with Gasteiger partial charge in [-0.2, -0.15) is 0 Å². The highest BCUT2D eigenvalue weighted by atomic mass is 32.1. The SMILES string of the molecule is Cc1csc(=O)n1CC(=O)NC[C@@H](c1cccs1)N1CCOCC1. The number of amides is 1. The van der Waals surface area contributed by atoms with E-state index in [1.54, 1.807) is 16.7 Å². The molecule has 2 aromatic rings. The van der Waals surface area contributed by atoms with Crippen LogP contribution in [-0.2, 0) is 16.1 Å². The molecule has 1 saturated heterocycles. The predicted molar refractivity (Wildman–Crippen MR) is 95.8 cm³/mol. The third-order valence-corrected chi connectivity index (χ3v) is 5.98. The predicted octanol–water partition coefficient (Wildman–Crippen LogP) is 1.47. The number of nitrogens with zero attached hydrogens (tertiary/aromatic N) is 2. The van der Waals surface area contributed by atoms with Crippen LogP contribution in [-0.4, -0.2) is 48.2 Å². The summed E-state index contributed by atoms with van der Waals surface area (Å²) in [6, 6.07) is 4.28. The Hall–Kier alpha value is -1.48. The Morgan fingerprint density at radius 1 is 1.38 bits per heavy atom. The van der Waals surface area contributed by atoms with Gasteiger partial charge >= 0.3 is 4.87 Å². The van der Waals surface area contributed by atoms with E-state index in [9.17, 15) is 9.59 Å². The lowest BCUT2D eigenvalue weighted by molar-refractivity contribution is -0.122. The molecule has 24 heavy (non-hydrogen) atoms. The molecule has 1 atom stereocenters. The number of hydrogen-bond donors (Lipinski definition) is 1. The first-order chi connectivity index (χ1) is 11.6. The molecule has 0 aliphatic carbocycles. The third kappa shape index (κ3) is 4.13. The minimum atomic E-state index is -0.131. The molecule has 8 heteroatoms. The second-order valence-corrected chi connectivity index (χ2v) is 7.51. The van der Waals surface area contributed by atoms with Crippen LogP contribution in [0.5, 0.6) is 0 Å². The first-order valence-electron chi connectivity index (χ1n) is 7.92. The topological polar surface area (TPSA) is 63.6 Å². The van der Waals surface area contributed by atoms with Gasteiger partial charge in [0, 0.05) is 35.6 Å². The van der Waals surface area contributed by atoms with Crippen LogP contribution in [0.2, 0.25) is 0 Å². The fourth-order valence-corrected chi connectivity index (χ4v) is 4.38. The summed E-state index contributed by atoms with van der Waals surface area (Å²) in [5.74, 6) is -0.131. The smallest absolute Gasteiger partial charge is 0.307 e. The van der Waals surface area contributed by atoms with Crippen molar-refractivity contribution in [1.82, 2.24) is 14.8 Å². The normalized spacial score (nSPS) is 16.9. The van der Waals surface area contributed by atoms with E-state index in [0.717, 1.165) is 43.3 Å². The average molecular weight is 367 g/mol. The summed E-state index contributed by atoms with van der Waals surface area (Å²) in [4.78, 5) is 27.5. The molecule has 0 spiro atoms. The third-order valence-electron chi connectivity index (χ3n) is 4.13. The number of hydrogen-bond acceptors (Lipinski definition) is 6. The summed E-state index contributed by atoms with van der Waals surface area (Å²) in [6.45, 7) is 5.63. The summed E-state index contributed by atoms with van der Waals surface area (Å²) in [6.07, 6.45) is 0. The van der Waals surface area contributed by atoms with Gasteiger partial charge in [0.15, 0.2) is 0 Å². The summed E-state index contributed by atoms with van der Waals surface area (Å²) in [5, 5.41) is 6.82. The summed E-state index contributed by atoms with van der Waals surface area (Å²) in [5.41, 5.74) is 0.822. The highest BCUT2D eigenvalue weighted by Gasteiger charge is 2.24. The number of ether oxygens (including phenoxy) is 1. The van der Waals surface area contributed by atoms with Crippen LogP contribution < -0.4 is 10.2 Å². The number of thiophene rings is 1. The molecular weight excluding hydrogens is 346 g/mol. The van der Waals surface area contributed by atoms with E-state index < -0.39 is 0 Å². The standard InChI is InChI=1S/C16H21N3O3S2/c1-12-11-24-16(21)19(12)10-15(20)17-9-13(14-3-2-8-23-14)18-4-6-22-7-5-18/h2-3,8,11,13H,4-7,9-10H2,1H3,(H,17,20)/t13-/m0/s1. The van der Waals surface area contributed by atoms with Crippen LogP contribution in [0.25, 0.3) is 0 Å². The number of morpholine rings is 1. The molecule has 3 heterocycles. The molecule has 6 nitrogen and oxygen atoms in total. The van der Waals surface area contributed by atoms with Crippen LogP contribution in [0.4, 0.5) is 0 Å². The lowest BCUT2D eigenvalue weighted by Gasteiger charge is -2.34. The van der Waals surface area contributed by atoms with E-state index >= 15 is 0 Å². The fourth-order valence-electron chi connectivity index (χ4n) is 2.79. The van der Waals surface area contributed by atoms with E-state index in [4.69, 9.17) is 4.74 Å². The maximum Gasteiger partial charge on any atom is 0.307 e. The number of thiazole rings is 1. The highest BCUT2D eigenvalue weighted by Crippen LogP contribution is 2.25. The molecule has 0 aromatic carbocycles. The molecule has 2 aromatic heterocycles. The van der Waals surface area contributed by atoms with Crippen molar-refractivity contribution in [2.75, 3.05) is 32.8 Å². The van der Waals surface area contributed by atoms with Gasteiger partial charge in [0.1, 0.15) is 6.54 Å². The number of aromatic nitrogens is 1. The van der Waals surface area contributed by atoms with Crippen molar-refractivity contribution in [3.05, 3.63) is 43.1 Å². The van der Waals surface area contributed by atoms with Gasteiger partial charge in [-0.15, -0.1) is 11.3 Å². The molecule has 1 amide bonds. The van der Waals surface area contributed by atoms with Gasteiger partial charge in [0.05, 0.1) is 19.3 Å². The second-order valence-electron chi connectivity index (χ2n) is 5.71. The number of carbonyl (C=O) groups is 1. The van der Waals surface area contributed by atoms with Crippen LogP contribution >= 0.6 is 22.7 Å². The minimum absolute atomic E-state index is 0.0778. The average Bonchev–Trinajstić information content (AvgIpc) is 3.22. The van der Waals surface area contributed by atoms with E-state index in [-0.39, 0.29) is 23.4 Å². The molecule has 1 aliphatic rings. The first kappa shape index (κ1) is 17.3.